The maximum Gasteiger partial charge on any atom is 0.0625 e. The van der Waals surface area contributed by atoms with Gasteiger partial charge in [-0.05, 0) is 52.8 Å². The molecule has 62 valence electrons. The fourth-order valence-corrected chi connectivity index (χ4v) is 1.93. The third-order valence-electron chi connectivity index (χ3n) is 1.51. The van der Waals surface area contributed by atoms with Crippen molar-refractivity contribution in [2.75, 3.05) is 0 Å². The van der Waals surface area contributed by atoms with E-state index in [-0.39, 0.29) is 0 Å². The smallest absolute Gasteiger partial charge is 0.0625 e. The molecule has 0 aliphatic heterocycles. The van der Waals surface area contributed by atoms with E-state index in [1.807, 2.05) is 12.1 Å². The Morgan fingerprint density at radius 2 is 2.25 bits per heavy atom. The molecule has 0 spiro atoms. The van der Waals surface area contributed by atoms with Crippen LogP contribution < -0.4 is 0 Å². The van der Waals surface area contributed by atoms with Crippen LogP contribution in [0.1, 0.15) is 12.0 Å². The molecule has 0 atom stereocenters. The van der Waals surface area contributed by atoms with Gasteiger partial charge < -0.3 is 0 Å². The van der Waals surface area contributed by atoms with Gasteiger partial charge in [-0.15, -0.1) is 0 Å². The highest BCUT2D eigenvalue weighted by atomic mass is 127. The average Bonchev–Trinajstić information content (AvgIpc) is 2.07. The lowest BCUT2D eigenvalue weighted by Crippen LogP contribution is -1.86. The first-order chi connectivity index (χ1) is 5.74. The number of nitrogens with zero attached hydrogens (tertiary/aromatic N) is 1. The number of halogens is 2. The molecule has 1 aromatic carbocycles. The van der Waals surface area contributed by atoms with Crippen molar-refractivity contribution in [2.24, 2.45) is 0 Å². The standard InChI is InChI=1S/C9H7BrIN/c10-9-4-3-8(11)6-7(9)2-1-5-12/h3-4,6H,1-2H2. The topological polar surface area (TPSA) is 23.8 Å². The van der Waals surface area contributed by atoms with Crippen LogP contribution in [0.5, 0.6) is 0 Å². The van der Waals surface area contributed by atoms with E-state index in [0.29, 0.717) is 6.42 Å². The summed E-state index contributed by atoms with van der Waals surface area (Å²) >= 11 is 5.72. The third-order valence-corrected chi connectivity index (χ3v) is 2.96. The Labute approximate surface area is 94.0 Å². The summed E-state index contributed by atoms with van der Waals surface area (Å²) < 4.78 is 2.31. The maximum absolute atomic E-state index is 8.42. The van der Waals surface area contributed by atoms with E-state index in [2.05, 4.69) is 50.7 Å². The van der Waals surface area contributed by atoms with Crippen molar-refractivity contribution < 1.29 is 0 Å². The van der Waals surface area contributed by atoms with Crippen molar-refractivity contribution in [3.05, 3.63) is 31.8 Å². The van der Waals surface area contributed by atoms with Crippen molar-refractivity contribution in [2.45, 2.75) is 12.8 Å². The predicted molar refractivity (Wildman–Crippen MR) is 60.8 cm³/mol. The van der Waals surface area contributed by atoms with E-state index >= 15 is 0 Å². The molecule has 0 unspecified atom stereocenters. The molecule has 1 rings (SSSR count). The van der Waals surface area contributed by atoms with Crippen LogP contribution in [0, 0.1) is 14.9 Å². The number of rotatable bonds is 2. The molecule has 0 radical (unpaired) electrons. The molecule has 0 amide bonds. The average molecular weight is 336 g/mol. The van der Waals surface area contributed by atoms with E-state index in [9.17, 15) is 0 Å². The van der Waals surface area contributed by atoms with E-state index < -0.39 is 0 Å². The second-order valence-corrected chi connectivity index (χ2v) is 4.49. The Hall–Kier alpha value is -0.0800. The van der Waals surface area contributed by atoms with Crippen LogP contribution in [0.4, 0.5) is 0 Å². The first-order valence-electron chi connectivity index (χ1n) is 3.55. The van der Waals surface area contributed by atoms with Crippen LogP contribution in [-0.4, -0.2) is 0 Å². The van der Waals surface area contributed by atoms with Gasteiger partial charge in [0.05, 0.1) is 6.07 Å². The second-order valence-electron chi connectivity index (χ2n) is 2.39. The highest BCUT2D eigenvalue weighted by Gasteiger charge is 1.99. The monoisotopic (exact) mass is 335 g/mol. The lowest BCUT2D eigenvalue weighted by molar-refractivity contribution is 1.00. The summed E-state index contributed by atoms with van der Waals surface area (Å²) in [4.78, 5) is 0. The highest BCUT2D eigenvalue weighted by Crippen LogP contribution is 2.20. The van der Waals surface area contributed by atoms with Crippen LogP contribution in [0.25, 0.3) is 0 Å². The predicted octanol–water partition coefficient (Wildman–Crippen LogP) is 3.51. The minimum atomic E-state index is 0.582. The highest BCUT2D eigenvalue weighted by molar-refractivity contribution is 14.1. The molecule has 0 aromatic heterocycles. The molecule has 3 heteroatoms. The molecule has 12 heavy (non-hydrogen) atoms. The summed E-state index contributed by atoms with van der Waals surface area (Å²) in [6.07, 6.45) is 1.41. The minimum absolute atomic E-state index is 0.582. The van der Waals surface area contributed by atoms with E-state index in [0.717, 1.165) is 10.9 Å². The van der Waals surface area contributed by atoms with Gasteiger partial charge in [0.2, 0.25) is 0 Å². The van der Waals surface area contributed by atoms with Gasteiger partial charge in [0.15, 0.2) is 0 Å². The van der Waals surface area contributed by atoms with Crippen molar-refractivity contribution in [1.82, 2.24) is 0 Å². The quantitative estimate of drug-likeness (QED) is 0.759. The SMILES string of the molecule is N#CCCc1cc(I)ccc1Br. The Morgan fingerprint density at radius 1 is 1.50 bits per heavy atom. The van der Waals surface area contributed by atoms with Gasteiger partial charge in [-0.25, -0.2) is 0 Å². The zero-order valence-electron chi connectivity index (χ0n) is 6.35. The normalized spacial score (nSPS) is 9.42. The fourth-order valence-electron chi connectivity index (χ4n) is 0.925. The molecular weight excluding hydrogens is 329 g/mol. The molecule has 0 saturated carbocycles. The van der Waals surface area contributed by atoms with Crippen LogP contribution in [0.3, 0.4) is 0 Å². The van der Waals surface area contributed by atoms with Gasteiger partial charge in [-0.2, -0.15) is 5.26 Å². The van der Waals surface area contributed by atoms with Crippen molar-refractivity contribution in [1.29, 1.82) is 5.26 Å². The van der Waals surface area contributed by atoms with Crippen LogP contribution >= 0.6 is 38.5 Å². The summed E-state index contributed by atoms with van der Waals surface area (Å²) in [5, 5.41) is 8.42. The van der Waals surface area contributed by atoms with E-state index in [4.69, 9.17) is 5.26 Å². The lowest BCUT2D eigenvalue weighted by Gasteiger charge is -2.01. The number of nitriles is 1. The number of hydrogen-bond acceptors (Lipinski definition) is 1. The Morgan fingerprint density at radius 3 is 2.92 bits per heavy atom. The summed E-state index contributed by atoms with van der Waals surface area (Å²) in [5.41, 5.74) is 1.21. The first kappa shape index (κ1) is 10.0. The zero-order valence-corrected chi connectivity index (χ0v) is 10.1. The van der Waals surface area contributed by atoms with Crippen molar-refractivity contribution in [3.8, 4) is 6.07 Å². The molecule has 0 aliphatic carbocycles. The van der Waals surface area contributed by atoms with Gasteiger partial charge in [0, 0.05) is 14.5 Å². The van der Waals surface area contributed by atoms with Gasteiger partial charge >= 0.3 is 0 Å². The third kappa shape index (κ3) is 2.76. The molecule has 0 N–H and O–H groups in total. The van der Waals surface area contributed by atoms with Crippen LogP contribution in [0.15, 0.2) is 22.7 Å². The number of benzene rings is 1. The van der Waals surface area contributed by atoms with Crippen molar-refractivity contribution in [3.63, 3.8) is 0 Å². The molecule has 0 heterocycles. The summed E-state index contributed by atoms with van der Waals surface area (Å²) in [6.45, 7) is 0. The second kappa shape index (κ2) is 4.83. The molecule has 1 aromatic rings. The Kier molecular flexibility index (Phi) is 4.02. The first-order valence-corrected chi connectivity index (χ1v) is 5.42. The number of hydrogen-bond donors (Lipinski definition) is 0. The summed E-state index contributed by atoms with van der Waals surface area (Å²) in [6, 6.07) is 8.30. The molecule has 0 aliphatic rings. The van der Waals surface area contributed by atoms with E-state index in [1.165, 1.54) is 9.13 Å². The minimum Gasteiger partial charge on any atom is -0.198 e. The molecular formula is C9H7BrIN. The van der Waals surface area contributed by atoms with Crippen LogP contribution in [0.2, 0.25) is 0 Å². The molecule has 0 saturated heterocycles. The van der Waals surface area contributed by atoms with Gasteiger partial charge in [-0.1, -0.05) is 15.9 Å². The van der Waals surface area contributed by atoms with E-state index in [1.54, 1.807) is 0 Å². The zero-order chi connectivity index (χ0) is 8.97. The number of aryl methyl sites for hydroxylation is 1. The molecule has 0 bridgehead atoms. The fraction of sp³-hybridized carbons (Fsp3) is 0.222. The largest absolute Gasteiger partial charge is 0.198 e. The Bertz CT molecular complexity index is 317. The lowest BCUT2D eigenvalue weighted by atomic mass is 10.1. The Balaban J connectivity index is 2.84. The van der Waals surface area contributed by atoms with Gasteiger partial charge in [0.25, 0.3) is 0 Å². The molecule has 1 nitrogen and oxygen atoms in total. The summed E-state index contributed by atoms with van der Waals surface area (Å²) in [5.74, 6) is 0. The van der Waals surface area contributed by atoms with Crippen LogP contribution in [-0.2, 0) is 6.42 Å². The van der Waals surface area contributed by atoms with Crippen molar-refractivity contribution >= 4 is 38.5 Å². The summed E-state index contributed by atoms with van der Waals surface area (Å²) in [7, 11) is 0. The van der Waals surface area contributed by atoms with Gasteiger partial charge in [0.1, 0.15) is 0 Å². The maximum atomic E-state index is 8.42. The van der Waals surface area contributed by atoms with Gasteiger partial charge in [-0.3, -0.25) is 0 Å². The molecule has 0 fully saturated rings.